The van der Waals surface area contributed by atoms with Crippen molar-refractivity contribution in [3.63, 3.8) is 0 Å². The molecule has 0 aromatic rings. The Labute approximate surface area is 122 Å². The van der Waals surface area contributed by atoms with Crippen LogP contribution in [0.3, 0.4) is 0 Å². The molecule has 4 nitrogen and oxygen atoms in total. The van der Waals surface area contributed by atoms with Crippen LogP contribution in [0, 0.1) is 12.8 Å². The van der Waals surface area contributed by atoms with Crippen molar-refractivity contribution in [1.82, 2.24) is 4.90 Å². The summed E-state index contributed by atoms with van der Waals surface area (Å²) in [5.74, 6) is 0. The Balaban J connectivity index is 0. The summed E-state index contributed by atoms with van der Waals surface area (Å²) in [4.78, 5) is 13.8. The second kappa shape index (κ2) is 9.62. The number of terminal acetylenes is 1. The highest BCUT2D eigenvalue weighted by Gasteiger charge is 2.33. The lowest BCUT2D eigenvalue weighted by Gasteiger charge is -2.27. The fourth-order valence-corrected chi connectivity index (χ4v) is 1.85. The molecule has 1 atom stereocenters. The number of nitrogens with zero attached hydrogens (tertiary/aromatic N) is 1. The summed E-state index contributed by atoms with van der Waals surface area (Å²) < 4.78 is 5.27. The Kier molecular flexibility index (Phi) is 10.2. The van der Waals surface area contributed by atoms with E-state index in [0.717, 1.165) is 12.8 Å². The van der Waals surface area contributed by atoms with E-state index in [1.54, 1.807) is 4.90 Å². The highest BCUT2D eigenvalue weighted by atomic mass is 32.1. The Hall–Kier alpha value is -1.28. The fraction of sp³-hybridized carbons (Fsp3) is 0.714. The molecule has 0 bridgehead atoms. The average molecular weight is 286 g/mol. The zero-order valence-electron chi connectivity index (χ0n) is 12.6. The van der Waals surface area contributed by atoms with Gasteiger partial charge in [0.05, 0.1) is 11.0 Å². The van der Waals surface area contributed by atoms with Crippen LogP contribution in [-0.4, -0.2) is 34.2 Å². The van der Waals surface area contributed by atoms with Crippen LogP contribution in [0.5, 0.6) is 0 Å². The molecule has 110 valence electrons. The molecule has 1 fully saturated rings. The molecular weight excluding hydrogens is 260 g/mol. The van der Waals surface area contributed by atoms with E-state index >= 15 is 0 Å². The van der Waals surface area contributed by atoms with Gasteiger partial charge < -0.3 is 10.5 Å². The van der Waals surface area contributed by atoms with Crippen LogP contribution < -0.4 is 5.73 Å². The van der Waals surface area contributed by atoms with Gasteiger partial charge in [0.2, 0.25) is 0 Å². The lowest BCUT2D eigenvalue weighted by molar-refractivity contribution is 0.0266. The number of nitrogens with two attached hydrogens (primary N) is 1. The summed E-state index contributed by atoms with van der Waals surface area (Å²) in [6, 6.07) is -0.130. The van der Waals surface area contributed by atoms with Gasteiger partial charge in [-0.3, -0.25) is 4.90 Å². The first-order chi connectivity index (χ1) is 8.81. The Morgan fingerprint density at radius 3 is 2.21 bits per heavy atom. The second-order valence-electron chi connectivity index (χ2n) is 4.73. The number of ether oxygens (including phenoxy) is 1. The molecule has 19 heavy (non-hydrogen) atoms. The van der Waals surface area contributed by atoms with Crippen LogP contribution in [0.2, 0.25) is 0 Å². The van der Waals surface area contributed by atoms with Crippen LogP contribution in [0.4, 0.5) is 4.79 Å². The van der Waals surface area contributed by atoms with Gasteiger partial charge >= 0.3 is 6.09 Å². The Morgan fingerprint density at radius 2 is 1.84 bits per heavy atom. The van der Waals surface area contributed by atoms with Gasteiger partial charge in [-0.05, 0) is 33.6 Å². The number of amides is 1. The topological polar surface area (TPSA) is 55.6 Å². The van der Waals surface area contributed by atoms with Crippen molar-refractivity contribution in [3.8, 4) is 12.8 Å². The fourth-order valence-electron chi connectivity index (χ4n) is 1.60. The molecule has 5 heteroatoms. The van der Waals surface area contributed by atoms with Crippen molar-refractivity contribution in [2.75, 3.05) is 6.54 Å². The highest BCUT2D eigenvalue weighted by Crippen LogP contribution is 2.20. The van der Waals surface area contributed by atoms with Crippen molar-refractivity contribution in [2.45, 2.75) is 59.1 Å². The van der Waals surface area contributed by atoms with Gasteiger partial charge in [0.15, 0.2) is 0 Å². The van der Waals surface area contributed by atoms with Gasteiger partial charge in [0.25, 0.3) is 0 Å². The highest BCUT2D eigenvalue weighted by molar-refractivity contribution is 7.80. The first-order valence-electron chi connectivity index (χ1n) is 6.43. The monoisotopic (exact) mass is 286 g/mol. The van der Waals surface area contributed by atoms with Crippen molar-refractivity contribution in [2.24, 2.45) is 5.73 Å². The van der Waals surface area contributed by atoms with E-state index in [-0.39, 0.29) is 12.1 Å². The quantitative estimate of drug-likeness (QED) is 0.595. The van der Waals surface area contributed by atoms with E-state index in [9.17, 15) is 4.79 Å². The van der Waals surface area contributed by atoms with Crippen molar-refractivity contribution in [1.29, 1.82) is 0 Å². The van der Waals surface area contributed by atoms with Gasteiger partial charge in [0, 0.05) is 6.54 Å². The first-order valence-corrected chi connectivity index (χ1v) is 6.84. The minimum absolute atomic E-state index is 0.130. The van der Waals surface area contributed by atoms with Crippen molar-refractivity contribution < 1.29 is 9.53 Å². The third-order valence-corrected chi connectivity index (χ3v) is 2.48. The largest absolute Gasteiger partial charge is 0.444 e. The molecule has 1 rings (SSSR count). The molecule has 2 N–H and O–H groups in total. The van der Waals surface area contributed by atoms with E-state index in [0.29, 0.717) is 11.5 Å². The third kappa shape index (κ3) is 7.68. The molecule has 0 saturated carbocycles. The van der Waals surface area contributed by atoms with E-state index in [1.165, 1.54) is 0 Å². The molecule has 1 saturated heterocycles. The molecular formula is C14H26N2O2S. The predicted octanol–water partition coefficient (Wildman–Crippen LogP) is 2.95. The van der Waals surface area contributed by atoms with Crippen LogP contribution in [0.25, 0.3) is 0 Å². The summed E-state index contributed by atoms with van der Waals surface area (Å²) >= 11 is 4.92. The molecule has 0 spiro atoms. The number of hydrogen-bond acceptors (Lipinski definition) is 3. The second-order valence-corrected chi connectivity index (χ2v) is 5.21. The number of carbonyl (C=O) groups is 1. The van der Waals surface area contributed by atoms with Crippen LogP contribution in [-0.2, 0) is 4.74 Å². The van der Waals surface area contributed by atoms with Crippen LogP contribution >= 0.6 is 12.2 Å². The summed E-state index contributed by atoms with van der Waals surface area (Å²) in [5.41, 5.74) is 5.10. The van der Waals surface area contributed by atoms with Crippen LogP contribution in [0.15, 0.2) is 0 Å². The molecule has 0 aromatic heterocycles. The summed E-state index contributed by atoms with van der Waals surface area (Å²) in [6.45, 7) is 10.2. The van der Waals surface area contributed by atoms with Gasteiger partial charge in [-0.2, -0.15) is 0 Å². The minimum Gasteiger partial charge on any atom is -0.444 e. The zero-order valence-corrected chi connectivity index (χ0v) is 13.4. The summed E-state index contributed by atoms with van der Waals surface area (Å²) in [6.07, 6.45) is 9.45. The molecule has 0 radical (unpaired) electrons. The summed E-state index contributed by atoms with van der Waals surface area (Å²) in [7, 11) is 0. The van der Waals surface area contributed by atoms with E-state index < -0.39 is 5.60 Å². The third-order valence-electron chi connectivity index (χ3n) is 2.21. The number of likely N-dealkylation sites (tertiary alicyclic amines) is 1. The maximum atomic E-state index is 11.8. The summed E-state index contributed by atoms with van der Waals surface area (Å²) in [5, 5.41) is 0. The predicted molar refractivity (Wildman–Crippen MR) is 84.0 cm³/mol. The standard InChI is InChI=1S/C10H18N2O2S.C2H6.C2H2/c1-10(2,3)14-9(13)12-6-4-5-7(12)8(11)15;2*1-2/h7H,4-6H2,1-3H3,(H2,11,15);1-2H3;1-2H/t7-;;/m0../s1. The molecule has 0 aromatic carbocycles. The SMILES string of the molecule is C#C.CC.CC(C)(C)OC(=O)N1CCC[C@H]1C(N)=S. The first kappa shape index (κ1) is 20.0. The number of rotatable bonds is 1. The Bertz CT molecular complexity index is 308. The van der Waals surface area contributed by atoms with Gasteiger partial charge in [-0.1, -0.05) is 26.1 Å². The maximum absolute atomic E-state index is 11.8. The molecule has 0 unspecified atom stereocenters. The number of hydrogen-bond donors (Lipinski definition) is 1. The zero-order chi connectivity index (χ0) is 15.6. The molecule has 0 aliphatic carbocycles. The number of thiocarbonyl (C=S) groups is 1. The van der Waals surface area contributed by atoms with Gasteiger partial charge in [0.1, 0.15) is 5.60 Å². The van der Waals surface area contributed by atoms with E-state index in [4.69, 9.17) is 22.7 Å². The van der Waals surface area contributed by atoms with Crippen molar-refractivity contribution >= 4 is 23.3 Å². The smallest absolute Gasteiger partial charge is 0.410 e. The lowest BCUT2D eigenvalue weighted by atomic mass is 10.2. The minimum atomic E-state index is -0.472. The average Bonchev–Trinajstić information content (AvgIpc) is 2.81. The van der Waals surface area contributed by atoms with E-state index in [2.05, 4.69) is 12.8 Å². The normalized spacial score (nSPS) is 17.4. The van der Waals surface area contributed by atoms with Crippen molar-refractivity contribution in [3.05, 3.63) is 0 Å². The molecule has 1 heterocycles. The maximum Gasteiger partial charge on any atom is 0.410 e. The van der Waals surface area contributed by atoms with Gasteiger partial charge in [-0.15, -0.1) is 12.8 Å². The van der Waals surface area contributed by atoms with E-state index in [1.807, 2.05) is 34.6 Å². The molecule has 1 aliphatic heterocycles. The lowest BCUT2D eigenvalue weighted by Crippen LogP contribution is -2.45. The molecule has 1 aliphatic rings. The van der Waals surface area contributed by atoms with Gasteiger partial charge in [-0.25, -0.2) is 4.79 Å². The van der Waals surface area contributed by atoms with Crippen LogP contribution in [0.1, 0.15) is 47.5 Å². The molecule has 1 amide bonds. The Morgan fingerprint density at radius 1 is 1.37 bits per heavy atom. The number of carbonyl (C=O) groups excluding carboxylic acids is 1.